The number of ether oxygens (including phenoxy) is 3. The molecule has 0 bridgehead atoms. The van der Waals surface area contributed by atoms with Crippen molar-refractivity contribution < 1.29 is 19.0 Å². The van der Waals surface area contributed by atoms with Crippen molar-refractivity contribution in [1.82, 2.24) is 5.32 Å². The number of hydrogen-bond donors (Lipinski definition) is 1. The van der Waals surface area contributed by atoms with E-state index in [0.717, 1.165) is 16.9 Å². The summed E-state index contributed by atoms with van der Waals surface area (Å²) < 4.78 is 16.0. The fourth-order valence-electron chi connectivity index (χ4n) is 2.16. The zero-order chi connectivity index (χ0) is 15.4. The summed E-state index contributed by atoms with van der Waals surface area (Å²) >= 11 is 0. The highest BCUT2D eigenvalue weighted by molar-refractivity contribution is 5.77. The summed E-state index contributed by atoms with van der Waals surface area (Å²) in [4.78, 5) is 11.8. The molecule has 114 valence electrons. The van der Waals surface area contributed by atoms with Gasteiger partial charge in [0.25, 0.3) is 5.91 Å². The number of carbonyl (C=O) groups is 1. The van der Waals surface area contributed by atoms with Gasteiger partial charge in [-0.25, -0.2) is 0 Å². The lowest BCUT2D eigenvalue weighted by Crippen LogP contribution is -2.28. The molecule has 2 aromatic carbocycles. The predicted octanol–water partition coefficient (Wildman–Crippen LogP) is 2.42. The summed E-state index contributed by atoms with van der Waals surface area (Å²) in [5.74, 6) is 1.97. The van der Waals surface area contributed by atoms with Crippen molar-refractivity contribution in [2.45, 2.75) is 13.5 Å². The summed E-state index contributed by atoms with van der Waals surface area (Å²) in [7, 11) is 0. The van der Waals surface area contributed by atoms with E-state index in [1.165, 1.54) is 0 Å². The summed E-state index contributed by atoms with van der Waals surface area (Å²) in [6.45, 7) is 2.64. The van der Waals surface area contributed by atoms with E-state index >= 15 is 0 Å². The summed E-state index contributed by atoms with van der Waals surface area (Å²) in [6, 6.07) is 13.2. The third-order valence-electron chi connectivity index (χ3n) is 3.29. The Balaban J connectivity index is 1.48. The first-order chi connectivity index (χ1) is 10.7. The number of benzene rings is 2. The van der Waals surface area contributed by atoms with Crippen LogP contribution < -0.4 is 19.5 Å². The molecule has 0 saturated heterocycles. The predicted molar refractivity (Wildman–Crippen MR) is 81.1 cm³/mol. The molecular weight excluding hydrogens is 282 g/mol. The fraction of sp³-hybridized carbons (Fsp3) is 0.235. The minimum Gasteiger partial charge on any atom is -0.484 e. The van der Waals surface area contributed by atoms with Crippen LogP contribution in [0.1, 0.15) is 11.1 Å². The summed E-state index contributed by atoms with van der Waals surface area (Å²) in [6.07, 6.45) is 0. The molecule has 3 rings (SSSR count). The highest BCUT2D eigenvalue weighted by Crippen LogP contribution is 2.32. The monoisotopic (exact) mass is 299 g/mol. The van der Waals surface area contributed by atoms with Crippen LogP contribution >= 0.6 is 0 Å². The molecule has 1 aliphatic rings. The van der Waals surface area contributed by atoms with Gasteiger partial charge in [0.1, 0.15) is 5.75 Å². The van der Waals surface area contributed by atoms with Crippen LogP contribution in [0.15, 0.2) is 42.5 Å². The largest absolute Gasteiger partial charge is 0.484 e. The van der Waals surface area contributed by atoms with Gasteiger partial charge in [0.2, 0.25) is 6.79 Å². The number of hydrogen-bond acceptors (Lipinski definition) is 4. The van der Waals surface area contributed by atoms with Crippen molar-refractivity contribution in [2.24, 2.45) is 0 Å². The molecule has 0 fully saturated rings. The van der Waals surface area contributed by atoms with Crippen LogP contribution in [-0.4, -0.2) is 19.3 Å². The lowest BCUT2D eigenvalue weighted by molar-refractivity contribution is -0.123. The van der Waals surface area contributed by atoms with E-state index in [1.54, 1.807) is 0 Å². The summed E-state index contributed by atoms with van der Waals surface area (Å²) in [5.41, 5.74) is 2.05. The first-order valence-electron chi connectivity index (χ1n) is 7.05. The van der Waals surface area contributed by atoms with E-state index in [9.17, 15) is 4.79 Å². The molecule has 1 amide bonds. The van der Waals surface area contributed by atoms with Crippen LogP contribution in [0.2, 0.25) is 0 Å². The highest BCUT2D eigenvalue weighted by atomic mass is 16.7. The number of aryl methyl sites for hydroxylation is 1. The van der Waals surface area contributed by atoms with Gasteiger partial charge in [-0.3, -0.25) is 4.79 Å². The lowest BCUT2D eigenvalue weighted by atomic mass is 10.2. The van der Waals surface area contributed by atoms with Crippen molar-refractivity contribution in [2.75, 3.05) is 13.4 Å². The van der Waals surface area contributed by atoms with Crippen molar-refractivity contribution in [3.05, 3.63) is 53.6 Å². The molecule has 5 heteroatoms. The maximum atomic E-state index is 11.8. The van der Waals surface area contributed by atoms with Gasteiger partial charge in [0.15, 0.2) is 18.1 Å². The molecule has 1 heterocycles. The van der Waals surface area contributed by atoms with Gasteiger partial charge in [0, 0.05) is 6.54 Å². The van der Waals surface area contributed by atoms with E-state index in [0.29, 0.717) is 18.0 Å². The van der Waals surface area contributed by atoms with Crippen molar-refractivity contribution >= 4 is 5.91 Å². The Morgan fingerprint density at radius 3 is 2.91 bits per heavy atom. The molecule has 0 radical (unpaired) electrons. The number of fused-ring (bicyclic) bond motifs is 1. The van der Waals surface area contributed by atoms with Gasteiger partial charge in [0.05, 0.1) is 0 Å². The average molecular weight is 299 g/mol. The van der Waals surface area contributed by atoms with Crippen molar-refractivity contribution in [3.63, 3.8) is 0 Å². The average Bonchev–Trinajstić information content (AvgIpc) is 2.98. The van der Waals surface area contributed by atoms with Gasteiger partial charge in [-0.15, -0.1) is 0 Å². The van der Waals surface area contributed by atoms with Crippen LogP contribution in [0, 0.1) is 6.92 Å². The van der Waals surface area contributed by atoms with Crippen molar-refractivity contribution in [3.8, 4) is 17.2 Å². The van der Waals surface area contributed by atoms with Gasteiger partial charge in [-0.1, -0.05) is 18.2 Å². The van der Waals surface area contributed by atoms with E-state index < -0.39 is 0 Å². The van der Waals surface area contributed by atoms with Crippen LogP contribution in [0.3, 0.4) is 0 Å². The van der Waals surface area contributed by atoms with Crippen LogP contribution in [0.4, 0.5) is 0 Å². The standard InChI is InChI=1S/C17H17NO4/c1-12-3-2-4-14(7-12)20-10-17(19)18-9-13-5-6-15-16(8-13)22-11-21-15/h2-8H,9-11H2,1H3,(H,18,19). The molecule has 0 aromatic heterocycles. The molecule has 0 spiro atoms. The van der Waals surface area contributed by atoms with Crippen LogP contribution in [0.25, 0.3) is 0 Å². The molecular formula is C17H17NO4. The highest BCUT2D eigenvalue weighted by Gasteiger charge is 2.13. The normalized spacial score (nSPS) is 12.0. The quantitative estimate of drug-likeness (QED) is 0.921. The molecule has 0 unspecified atom stereocenters. The third kappa shape index (κ3) is 3.49. The zero-order valence-corrected chi connectivity index (χ0v) is 12.3. The third-order valence-corrected chi connectivity index (χ3v) is 3.29. The number of nitrogens with one attached hydrogen (secondary N) is 1. The second kappa shape index (κ2) is 6.39. The number of rotatable bonds is 5. The van der Waals surface area contributed by atoms with Crippen LogP contribution in [-0.2, 0) is 11.3 Å². The molecule has 1 aliphatic heterocycles. The minimum absolute atomic E-state index is 0.00595. The van der Waals surface area contributed by atoms with Crippen LogP contribution in [0.5, 0.6) is 17.2 Å². The summed E-state index contributed by atoms with van der Waals surface area (Å²) in [5, 5.41) is 2.81. The molecule has 0 saturated carbocycles. The van der Waals surface area contributed by atoms with Gasteiger partial charge in [-0.2, -0.15) is 0 Å². The Morgan fingerprint density at radius 1 is 1.18 bits per heavy atom. The van der Waals surface area contributed by atoms with Gasteiger partial charge >= 0.3 is 0 Å². The van der Waals surface area contributed by atoms with Crippen molar-refractivity contribution in [1.29, 1.82) is 0 Å². The second-order valence-corrected chi connectivity index (χ2v) is 5.07. The Labute approximate surface area is 128 Å². The van der Waals surface area contributed by atoms with Gasteiger partial charge < -0.3 is 19.5 Å². The SMILES string of the molecule is Cc1cccc(OCC(=O)NCc2ccc3c(c2)OCO3)c1. The lowest BCUT2D eigenvalue weighted by Gasteiger charge is -2.08. The fourth-order valence-corrected chi connectivity index (χ4v) is 2.16. The Kier molecular flexibility index (Phi) is 4.14. The Hall–Kier alpha value is -2.69. The molecule has 5 nitrogen and oxygen atoms in total. The van der Waals surface area contributed by atoms with E-state index in [-0.39, 0.29) is 19.3 Å². The first kappa shape index (κ1) is 14.3. The molecule has 0 aliphatic carbocycles. The number of amides is 1. The second-order valence-electron chi connectivity index (χ2n) is 5.07. The molecule has 2 aromatic rings. The Morgan fingerprint density at radius 2 is 2.05 bits per heavy atom. The zero-order valence-electron chi connectivity index (χ0n) is 12.3. The minimum atomic E-state index is -0.167. The number of carbonyl (C=O) groups excluding carboxylic acids is 1. The first-order valence-corrected chi connectivity index (χ1v) is 7.05. The van der Waals surface area contributed by atoms with E-state index in [1.807, 2.05) is 49.4 Å². The maximum absolute atomic E-state index is 11.8. The molecule has 22 heavy (non-hydrogen) atoms. The Bertz CT molecular complexity index is 684. The van der Waals surface area contributed by atoms with E-state index in [2.05, 4.69) is 5.32 Å². The maximum Gasteiger partial charge on any atom is 0.258 e. The molecule has 1 N–H and O–H groups in total. The smallest absolute Gasteiger partial charge is 0.258 e. The van der Waals surface area contributed by atoms with E-state index in [4.69, 9.17) is 14.2 Å². The topological polar surface area (TPSA) is 56.8 Å². The molecule has 0 atom stereocenters. The van der Waals surface area contributed by atoms with Gasteiger partial charge in [-0.05, 0) is 42.3 Å².